The molecule has 1 saturated carbocycles. The van der Waals surface area contributed by atoms with Gasteiger partial charge in [-0.2, -0.15) is 0 Å². The average molecular weight is 230 g/mol. The fourth-order valence-electron chi connectivity index (χ4n) is 3.04. The first-order valence-electron chi connectivity index (χ1n) is 6.33. The van der Waals surface area contributed by atoms with E-state index in [9.17, 15) is 5.11 Å². The van der Waals surface area contributed by atoms with Gasteiger partial charge in [-0.05, 0) is 42.5 Å². The lowest BCUT2D eigenvalue weighted by atomic mass is 9.99. The summed E-state index contributed by atoms with van der Waals surface area (Å²) in [6.07, 6.45) is 5.14. The highest BCUT2D eigenvalue weighted by Gasteiger charge is 2.22. The molecule has 1 aromatic carbocycles. The molecule has 2 aromatic rings. The highest BCUT2D eigenvalue weighted by Crippen LogP contribution is 2.38. The molecule has 4 N–H and O–H groups in total. The molecular weight excluding hydrogens is 212 g/mol. The van der Waals surface area contributed by atoms with Gasteiger partial charge in [0.2, 0.25) is 0 Å². The van der Waals surface area contributed by atoms with Gasteiger partial charge < -0.3 is 15.8 Å². The van der Waals surface area contributed by atoms with Crippen LogP contribution in [0.15, 0.2) is 18.2 Å². The standard InChI is InChI=1S/C14H18N2O/c15-8-12-11-7-10(17)5-6-13(11)16-14(12)9-3-1-2-4-9/h5-7,9,16-17H,1-4,8,15H2. The third-order valence-electron chi connectivity index (χ3n) is 3.89. The zero-order valence-electron chi connectivity index (χ0n) is 9.87. The highest BCUT2D eigenvalue weighted by atomic mass is 16.3. The molecular formula is C14H18N2O. The molecule has 1 aliphatic rings. The number of hydrogen-bond acceptors (Lipinski definition) is 2. The summed E-state index contributed by atoms with van der Waals surface area (Å²) < 4.78 is 0. The van der Waals surface area contributed by atoms with Crippen LogP contribution in [0.2, 0.25) is 0 Å². The summed E-state index contributed by atoms with van der Waals surface area (Å²) in [6.45, 7) is 0.537. The van der Waals surface area contributed by atoms with Crippen molar-refractivity contribution in [1.82, 2.24) is 4.98 Å². The van der Waals surface area contributed by atoms with Crippen LogP contribution in [0.4, 0.5) is 0 Å². The van der Waals surface area contributed by atoms with Crippen LogP contribution >= 0.6 is 0 Å². The molecule has 1 aliphatic carbocycles. The molecule has 1 aromatic heterocycles. The normalized spacial score (nSPS) is 17.0. The van der Waals surface area contributed by atoms with Crippen molar-refractivity contribution in [2.45, 2.75) is 38.1 Å². The molecule has 90 valence electrons. The van der Waals surface area contributed by atoms with E-state index < -0.39 is 0 Å². The molecule has 1 fully saturated rings. The largest absolute Gasteiger partial charge is 0.508 e. The Morgan fingerprint density at radius 2 is 2.06 bits per heavy atom. The van der Waals surface area contributed by atoms with E-state index in [1.165, 1.54) is 36.9 Å². The van der Waals surface area contributed by atoms with Gasteiger partial charge in [0, 0.05) is 23.1 Å². The summed E-state index contributed by atoms with van der Waals surface area (Å²) in [5, 5.41) is 10.6. The van der Waals surface area contributed by atoms with E-state index in [1.807, 2.05) is 12.1 Å². The first kappa shape index (κ1) is 10.7. The maximum atomic E-state index is 9.57. The maximum Gasteiger partial charge on any atom is 0.116 e. The van der Waals surface area contributed by atoms with Gasteiger partial charge in [-0.15, -0.1) is 0 Å². The van der Waals surface area contributed by atoms with Crippen molar-refractivity contribution in [2.24, 2.45) is 5.73 Å². The molecule has 0 unspecified atom stereocenters. The number of hydrogen-bond donors (Lipinski definition) is 3. The molecule has 3 nitrogen and oxygen atoms in total. The maximum absolute atomic E-state index is 9.57. The Labute approximate surface area is 101 Å². The summed E-state index contributed by atoms with van der Waals surface area (Å²) in [6, 6.07) is 5.46. The number of fused-ring (bicyclic) bond motifs is 1. The van der Waals surface area contributed by atoms with E-state index in [4.69, 9.17) is 5.73 Å². The second-order valence-corrected chi connectivity index (χ2v) is 4.93. The lowest BCUT2D eigenvalue weighted by Gasteiger charge is -2.09. The number of nitrogens with two attached hydrogens (primary N) is 1. The molecule has 0 atom stereocenters. The third-order valence-corrected chi connectivity index (χ3v) is 3.89. The number of phenolic OH excluding ortho intramolecular Hbond substituents is 1. The molecule has 0 amide bonds. The molecule has 0 radical (unpaired) electrons. The first-order chi connectivity index (χ1) is 8.29. The fourth-order valence-corrected chi connectivity index (χ4v) is 3.04. The second-order valence-electron chi connectivity index (χ2n) is 4.93. The SMILES string of the molecule is NCc1c(C2CCCC2)[nH]c2ccc(O)cc12. The number of nitrogens with one attached hydrogen (secondary N) is 1. The van der Waals surface area contributed by atoms with E-state index in [0.29, 0.717) is 18.2 Å². The van der Waals surface area contributed by atoms with Crippen molar-refractivity contribution in [3.8, 4) is 5.75 Å². The van der Waals surface area contributed by atoms with E-state index in [2.05, 4.69) is 4.98 Å². The summed E-state index contributed by atoms with van der Waals surface area (Å²) in [5.74, 6) is 0.937. The van der Waals surface area contributed by atoms with E-state index in [0.717, 1.165) is 10.9 Å². The second kappa shape index (κ2) is 4.08. The van der Waals surface area contributed by atoms with E-state index in [1.54, 1.807) is 6.07 Å². The molecule has 0 saturated heterocycles. The predicted molar refractivity (Wildman–Crippen MR) is 69.1 cm³/mol. The number of aromatic nitrogens is 1. The van der Waals surface area contributed by atoms with E-state index in [-0.39, 0.29) is 0 Å². The predicted octanol–water partition coefficient (Wildman–Crippen LogP) is 2.99. The number of aromatic amines is 1. The van der Waals surface area contributed by atoms with Gasteiger partial charge >= 0.3 is 0 Å². The summed E-state index contributed by atoms with van der Waals surface area (Å²) in [4.78, 5) is 3.49. The van der Waals surface area contributed by atoms with Crippen molar-refractivity contribution in [1.29, 1.82) is 0 Å². The number of benzene rings is 1. The van der Waals surface area contributed by atoms with Crippen molar-refractivity contribution in [3.05, 3.63) is 29.5 Å². The van der Waals surface area contributed by atoms with Gasteiger partial charge in [0.15, 0.2) is 0 Å². The zero-order chi connectivity index (χ0) is 11.8. The molecule has 0 aliphatic heterocycles. The van der Waals surface area contributed by atoms with Crippen molar-refractivity contribution in [3.63, 3.8) is 0 Å². The molecule has 17 heavy (non-hydrogen) atoms. The van der Waals surface area contributed by atoms with Gasteiger partial charge in [0.1, 0.15) is 5.75 Å². The van der Waals surface area contributed by atoms with Crippen LogP contribution in [-0.2, 0) is 6.54 Å². The van der Waals surface area contributed by atoms with Gasteiger partial charge in [-0.1, -0.05) is 12.8 Å². The van der Waals surface area contributed by atoms with Gasteiger partial charge in [-0.3, -0.25) is 0 Å². The number of aromatic hydroxyl groups is 1. The number of rotatable bonds is 2. The van der Waals surface area contributed by atoms with Crippen LogP contribution < -0.4 is 5.73 Å². The fraction of sp³-hybridized carbons (Fsp3) is 0.429. The van der Waals surface area contributed by atoms with Gasteiger partial charge in [0.05, 0.1) is 0 Å². The monoisotopic (exact) mass is 230 g/mol. The zero-order valence-corrected chi connectivity index (χ0v) is 9.87. The Balaban J connectivity index is 2.17. The third kappa shape index (κ3) is 1.71. The minimum absolute atomic E-state index is 0.309. The molecule has 0 bridgehead atoms. The summed E-state index contributed by atoms with van der Waals surface area (Å²) in [5.41, 5.74) is 9.45. The van der Waals surface area contributed by atoms with Gasteiger partial charge in [0.25, 0.3) is 0 Å². The number of H-pyrrole nitrogens is 1. The van der Waals surface area contributed by atoms with Crippen LogP contribution in [0.1, 0.15) is 42.9 Å². The molecule has 1 heterocycles. The van der Waals surface area contributed by atoms with Crippen molar-refractivity contribution >= 4 is 10.9 Å². The quantitative estimate of drug-likeness (QED) is 0.742. The first-order valence-corrected chi connectivity index (χ1v) is 6.33. The smallest absolute Gasteiger partial charge is 0.116 e. The topological polar surface area (TPSA) is 62.0 Å². The highest BCUT2D eigenvalue weighted by molar-refractivity contribution is 5.86. The van der Waals surface area contributed by atoms with E-state index >= 15 is 0 Å². The minimum Gasteiger partial charge on any atom is -0.508 e. The Bertz CT molecular complexity index is 538. The van der Waals surface area contributed by atoms with Gasteiger partial charge in [-0.25, -0.2) is 0 Å². The minimum atomic E-state index is 0.309. The van der Waals surface area contributed by atoms with Crippen LogP contribution in [0.5, 0.6) is 5.75 Å². The van der Waals surface area contributed by atoms with Crippen molar-refractivity contribution < 1.29 is 5.11 Å². The molecule has 0 spiro atoms. The summed E-state index contributed by atoms with van der Waals surface area (Å²) in [7, 11) is 0. The van der Waals surface area contributed by atoms with Crippen LogP contribution in [0, 0.1) is 0 Å². The summed E-state index contributed by atoms with van der Waals surface area (Å²) >= 11 is 0. The molecule has 3 rings (SSSR count). The Hall–Kier alpha value is -1.48. The lowest BCUT2D eigenvalue weighted by Crippen LogP contribution is -2.03. The Morgan fingerprint density at radius 3 is 2.76 bits per heavy atom. The van der Waals surface area contributed by atoms with Crippen LogP contribution in [-0.4, -0.2) is 10.1 Å². The Morgan fingerprint density at radius 1 is 1.29 bits per heavy atom. The Kier molecular flexibility index (Phi) is 2.56. The number of phenols is 1. The lowest BCUT2D eigenvalue weighted by molar-refractivity contribution is 0.476. The molecule has 3 heteroatoms. The van der Waals surface area contributed by atoms with Crippen LogP contribution in [0.3, 0.4) is 0 Å². The average Bonchev–Trinajstić information content (AvgIpc) is 2.94. The van der Waals surface area contributed by atoms with Crippen molar-refractivity contribution in [2.75, 3.05) is 0 Å². The van der Waals surface area contributed by atoms with Crippen LogP contribution in [0.25, 0.3) is 10.9 Å².